The second-order valence-electron chi connectivity index (χ2n) is 4.48. The number of fused-ring (bicyclic) bond motifs is 1. The molecule has 1 fully saturated rings. The molecule has 3 heterocycles. The number of halogens is 1. The van der Waals surface area contributed by atoms with E-state index in [1.807, 2.05) is 0 Å². The number of nitrogens with zero attached hydrogens (tertiary/aromatic N) is 4. The first-order chi connectivity index (χ1) is 9.87. The van der Waals surface area contributed by atoms with Gasteiger partial charge in [-0.1, -0.05) is 0 Å². The molecule has 1 aliphatic rings. The van der Waals surface area contributed by atoms with Crippen LogP contribution in [0.25, 0.3) is 11.2 Å². The van der Waals surface area contributed by atoms with E-state index >= 15 is 0 Å². The van der Waals surface area contributed by atoms with Crippen LogP contribution >= 0.6 is 0 Å². The molecule has 0 spiro atoms. The molecule has 110 valence electrons. The van der Waals surface area contributed by atoms with E-state index in [4.69, 9.17) is 15.7 Å². The fourth-order valence-electron chi connectivity index (χ4n) is 2.12. The summed E-state index contributed by atoms with van der Waals surface area (Å²) in [4.78, 5) is 21.4. The van der Waals surface area contributed by atoms with Gasteiger partial charge in [0.1, 0.15) is 6.07 Å². The van der Waals surface area contributed by atoms with Crippen molar-refractivity contribution in [2.75, 3.05) is 5.73 Å². The summed E-state index contributed by atoms with van der Waals surface area (Å²) >= 11 is 0. The van der Waals surface area contributed by atoms with Gasteiger partial charge in [0.25, 0.3) is 11.3 Å². The molecule has 5 N–H and O–H groups in total. The molecule has 21 heavy (non-hydrogen) atoms. The number of alkyl halides is 1. The highest BCUT2D eigenvalue weighted by Crippen LogP contribution is 2.38. The summed E-state index contributed by atoms with van der Waals surface area (Å²) in [5.41, 5.74) is 4.54. The fourth-order valence-corrected chi connectivity index (χ4v) is 2.12. The quantitative estimate of drug-likeness (QED) is 0.445. The van der Waals surface area contributed by atoms with E-state index in [-0.39, 0.29) is 17.1 Å². The number of nitrogens with two attached hydrogens (primary N) is 1. The second-order valence-corrected chi connectivity index (χ2v) is 4.48. The molecule has 0 unspecified atom stereocenters. The van der Waals surface area contributed by atoms with Gasteiger partial charge >= 0.3 is 0 Å². The first kappa shape index (κ1) is 13.4. The van der Waals surface area contributed by atoms with E-state index in [0.717, 1.165) is 10.9 Å². The van der Waals surface area contributed by atoms with Gasteiger partial charge in [0.2, 0.25) is 5.95 Å². The van der Waals surface area contributed by atoms with Crippen molar-refractivity contribution in [2.45, 2.75) is 24.3 Å². The molecule has 11 heteroatoms. The van der Waals surface area contributed by atoms with E-state index < -0.39 is 29.8 Å². The SMILES string of the molecule is N#C[C@]1(O)O[C@@H](n2cnc3c(=O)[nH]c(N)nc32)[C@H](F)[C@@H]1O. The lowest BCUT2D eigenvalue weighted by molar-refractivity contribution is -0.197. The number of ether oxygens (including phenoxy) is 1. The number of rotatable bonds is 1. The molecule has 0 radical (unpaired) electrons. The van der Waals surface area contributed by atoms with Crippen LogP contribution in [0.1, 0.15) is 6.23 Å². The number of imidazole rings is 1. The number of anilines is 1. The Labute approximate surface area is 115 Å². The number of hydrogen-bond donors (Lipinski definition) is 4. The van der Waals surface area contributed by atoms with Crippen LogP contribution in [0.5, 0.6) is 0 Å². The third kappa shape index (κ3) is 1.77. The monoisotopic (exact) mass is 296 g/mol. The molecule has 0 aromatic carbocycles. The predicted molar refractivity (Wildman–Crippen MR) is 64.1 cm³/mol. The van der Waals surface area contributed by atoms with Gasteiger partial charge in [-0.25, -0.2) is 9.37 Å². The molecule has 3 rings (SSSR count). The van der Waals surface area contributed by atoms with Crippen molar-refractivity contribution in [3.05, 3.63) is 16.7 Å². The van der Waals surface area contributed by atoms with Gasteiger partial charge in [-0.2, -0.15) is 10.2 Å². The minimum absolute atomic E-state index is 0.0988. The molecular formula is C10H9FN6O4. The number of H-pyrrole nitrogens is 1. The molecule has 2 aromatic heterocycles. The standard InChI is InChI=1S/C10H9FN6O4/c11-3-5(18)10(20,1-12)21-8(3)17-2-14-4-6(17)15-9(13)16-7(4)19/h2-3,5,8,18,20H,(H3,13,15,16,19)/t3-,5+,8-,10+/m1/s1. The maximum atomic E-state index is 14.1. The molecule has 0 saturated carbocycles. The minimum atomic E-state index is -2.70. The van der Waals surface area contributed by atoms with Crippen molar-refractivity contribution in [1.29, 1.82) is 5.26 Å². The molecule has 10 nitrogen and oxygen atoms in total. The highest BCUT2D eigenvalue weighted by molar-refractivity contribution is 5.70. The highest BCUT2D eigenvalue weighted by Gasteiger charge is 2.56. The number of nitrogen functional groups attached to an aromatic ring is 1. The van der Waals surface area contributed by atoms with Gasteiger partial charge in [-0.3, -0.25) is 14.3 Å². The van der Waals surface area contributed by atoms with E-state index in [2.05, 4.69) is 15.0 Å². The smallest absolute Gasteiger partial charge is 0.288 e. The van der Waals surface area contributed by atoms with Crippen molar-refractivity contribution in [3.8, 4) is 6.07 Å². The zero-order chi connectivity index (χ0) is 15.4. The highest BCUT2D eigenvalue weighted by atomic mass is 19.1. The Morgan fingerprint density at radius 3 is 3.00 bits per heavy atom. The molecule has 2 aromatic rings. The minimum Gasteiger partial charge on any atom is -0.383 e. The number of aliphatic hydroxyl groups excluding tert-OH is 1. The normalized spacial score (nSPS) is 32.4. The number of aromatic nitrogens is 4. The Hall–Kier alpha value is -2.55. The van der Waals surface area contributed by atoms with E-state index in [0.29, 0.717) is 0 Å². The first-order valence-electron chi connectivity index (χ1n) is 5.73. The lowest BCUT2D eigenvalue weighted by atomic mass is 10.1. The molecule has 0 aliphatic carbocycles. The van der Waals surface area contributed by atoms with E-state index in [1.54, 1.807) is 0 Å². The van der Waals surface area contributed by atoms with Crippen molar-refractivity contribution in [3.63, 3.8) is 0 Å². The summed E-state index contributed by atoms with van der Waals surface area (Å²) in [6.07, 6.45) is -4.75. The first-order valence-corrected chi connectivity index (χ1v) is 5.73. The van der Waals surface area contributed by atoms with Crippen LogP contribution in [0.4, 0.5) is 10.3 Å². The van der Waals surface area contributed by atoms with Crippen molar-refractivity contribution in [1.82, 2.24) is 19.5 Å². The van der Waals surface area contributed by atoms with Gasteiger partial charge in [0.05, 0.1) is 6.33 Å². The summed E-state index contributed by atoms with van der Waals surface area (Å²) in [7, 11) is 0. The lowest BCUT2D eigenvalue weighted by Crippen LogP contribution is -2.40. The maximum Gasteiger partial charge on any atom is 0.288 e. The van der Waals surface area contributed by atoms with Gasteiger partial charge in [0, 0.05) is 0 Å². The summed E-state index contributed by atoms with van der Waals surface area (Å²) in [5, 5.41) is 28.0. The van der Waals surface area contributed by atoms with Crippen LogP contribution in [-0.2, 0) is 4.74 Å². The Bertz CT molecular complexity index is 812. The third-order valence-electron chi connectivity index (χ3n) is 3.16. The topological polar surface area (TPSA) is 163 Å². The Morgan fingerprint density at radius 2 is 2.38 bits per heavy atom. The van der Waals surface area contributed by atoms with Gasteiger partial charge < -0.3 is 20.7 Å². The summed E-state index contributed by atoms with van der Waals surface area (Å²) in [6.45, 7) is 0. The second kappa shape index (κ2) is 4.22. The van der Waals surface area contributed by atoms with Crippen molar-refractivity contribution in [2.24, 2.45) is 0 Å². The van der Waals surface area contributed by atoms with Gasteiger partial charge in [-0.15, -0.1) is 0 Å². The fraction of sp³-hybridized carbons (Fsp3) is 0.400. The molecule has 4 atom stereocenters. The zero-order valence-corrected chi connectivity index (χ0v) is 10.3. The van der Waals surface area contributed by atoms with E-state index in [9.17, 15) is 19.4 Å². The summed E-state index contributed by atoms with van der Waals surface area (Å²) in [5.74, 6) is -2.92. The van der Waals surface area contributed by atoms with Crippen LogP contribution in [0.3, 0.4) is 0 Å². The molecule has 0 bridgehead atoms. The Kier molecular flexibility index (Phi) is 2.70. The van der Waals surface area contributed by atoms with Crippen molar-refractivity contribution >= 4 is 17.1 Å². The average molecular weight is 296 g/mol. The lowest BCUT2D eigenvalue weighted by Gasteiger charge is -2.16. The molecule has 1 aliphatic heterocycles. The largest absolute Gasteiger partial charge is 0.383 e. The predicted octanol–water partition coefficient (Wildman–Crippen LogP) is -1.86. The molecular weight excluding hydrogens is 287 g/mol. The number of nitriles is 1. The average Bonchev–Trinajstić information content (AvgIpc) is 2.95. The number of hydrogen-bond acceptors (Lipinski definition) is 8. The van der Waals surface area contributed by atoms with Crippen molar-refractivity contribution < 1.29 is 19.3 Å². The Balaban J connectivity index is 2.15. The summed E-state index contributed by atoms with van der Waals surface area (Å²) in [6, 6.07) is 1.28. The van der Waals surface area contributed by atoms with Crippen LogP contribution in [0, 0.1) is 11.3 Å². The molecule has 1 saturated heterocycles. The van der Waals surface area contributed by atoms with Crippen LogP contribution in [-0.4, -0.2) is 47.8 Å². The maximum absolute atomic E-state index is 14.1. The Morgan fingerprint density at radius 1 is 1.67 bits per heavy atom. The van der Waals surface area contributed by atoms with Crippen LogP contribution in [0.15, 0.2) is 11.1 Å². The van der Waals surface area contributed by atoms with Gasteiger partial charge in [0.15, 0.2) is 29.7 Å². The molecule has 0 amide bonds. The summed E-state index contributed by atoms with van der Waals surface area (Å²) < 4.78 is 19.9. The van der Waals surface area contributed by atoms with Crippen LogP contribution in [0.2, 0.25) is 0 Å². The van der Waals surface area contributed by atoms with E-state index in [1.165, 1.54) is 6.07 Å². The zero-order valence-electron chi connectivity index (χ0n) is 10.3. The number of aliphatic hydroxyl groups is 2. The van der Waals surface area contributed by atoms with Crippen LogP contribution < -0.4 is 11.3 Å². The third-order valence-corrected chi connectivity index (χ3v) is 3.16. The number of nitrogens with one attached hydrogen (secondary N) is 1. The number of aromatic amines is 1. The van der Waals surface area contributed by atoms with Gasteiger partial charge in [-0.05, 0) is 0 Å².